The zero-order valence-electron chi connectivity index (χ0n) is 14.4. The Hall–Kier alpha value is -1.36. The first kappa shape index (κ1) is 20.7. The van der Waals surface area contributed by atoms with E-state index in [2.05, 4.69) is 22.9 Å². The van der Waals surface area contributed by atoms with Crippen molar-refractivity contribution in [1.29, 1.82) is 0 Å². The topological polar surface area (TPSA) is 52.6 Å². The first-order valence-electron chi connectivity index (χ1n) is 8.68. The van der Waals surface area contributed by atoms with Crippen LogP contribution in [0.25, 0.3) is 0 Å². The number of ether oxygens (including phenoxy) is 2. The molecular weight excluding hydrogens is 372 g/mol. The zero-order chi connectivity index (χ0) is 17.6. The van der Waals surface area contributed by atoms with Crippen LogP contribution in [0.15, 0.2) is 28.7 Å². The summed E-state index contributed by atoms with van der Waals surface area (Å²) in [6.45, 7) is 2.89. The Bertz CT molecular complexity index is 502. The predicted molar refractivity (Wildman–Crippen MR) is 97.5 cm³/mol. The van der Waals surface area contributed by atoms with Crippen molar-refractivity contribution >= 4 is 27.9 Å². The number of carbonyl (C=O) groups is 2. The number of rotatable bonds is 12. The van der Waals surface area contributed by atoms with E-state index >= 15 is 0 Å². The van der Waals surface area contributed by atoms with Crippen LogP contribution in [0.1, 0.15) is 63.9 Å². The molecule has 0 atom stereocenters. The molecule has 0 fully saturated rings. The van der Waals surface area contributed by atoms with Crippen LogP contribution < -0.4 is 0 Å². The summed E-state index contributed by atoms with van der Waals surface area (Å²) < 4.78 is 11.3. The second-order valence-electron chi connectivity index (χ2n) is 5.74. The highest BCUT2D eigenvalue weighted by molar-refractivity contribution is 9.10. The van der Waals surface area contributed by atoms with E-state index in [1.807, 2.05) is 24.3 Å². The average molecular weight is 399 g/mol. The maximum atomic E-state index is 11.7. The Balaban J connectivity index is 2.04. The highest BCUT2D eigenvalue weighted by atomic mass is 79.9. The number of benzene rings is 1. The van der Waals surface area contributed by atoms with E-state index in [0.29, 0.717) is 13.0 Å². The number of esters is 2. The third-order valence-electron chi connectivity index (χ3n) is 3.62. The molecule has 0 saturated heterocycles. The second-order valence-corrected chi connectivity index (χ2v) is 6.59. The molecule has 5 heteroatoms. The van der Waals surface area contributed by atoms with Crippen molar-refractivity contribution in [3.63, 3.8) is 0 Å². The molecule has 1 aromatic rings. The van der Waals surface area contributed by atoms with E-state index in [9.17, 15) is 9.59 Å². The van der Waals surface area contributed by atoms with Gasteiger partial charge in [0.05, 0.1) is 6.61 Å². The van der Waals surface area contributed by atoms with Crippen LogP contribution in [0.5, 0.6) is 0 Å². The van der Waals surface area contributed by atoms with E-state index in [1.165, 1.54) is 19.3 Å². The summed E-state index contributed by atoms with van der Waals surface area (Å²) in [5, 5.41) is 0. The second kappa shape index (κ2) is 13.0. The van der Waals surface area contributed by atoms with Crippen LogP contribution in [0.3, 0.4) is 0 Å². The van der Waals surface area contributed by atoms with Gasteiger partial charge in [-0.15, -0.1) is 0 Å². The molecule has 134 valence electrons. The molecule has 0 spiro atoms. The molecule has 1 aromatic carbocycles. The van der Waals surface area contributed by atoms with Crippen molar-refractivity contribution < 1.29 is 19.1 Å². The lowest BCUT2D eigenvalue weighted by Gasteiger charge is -2.07. The maximum absolute atomic E-state index is 11.7. The van der Waals surface area contributed by atoms with Gasteiger partial charge in [-0.3, -0.25) is 9.59 Å². The van der Waals surface area contributed by atoms with Gasteiger partial charge in [-0.25, -0.2) is 0 Å². The molecule has 0 bridgehead atoms. The maximum Gasteiger partial charge on any atom is 0.306 e. The molecule has 0 aliphatic heterocycles. The predicted octanol–water partition coefficient (Wildman–Crippen LogP) is 5.18. The first-order valence-corrected chi connectivity index (χ1v) is 9.47. The standard InChI is InChI=1S/C19H27BrO4/c1-2-3-4-5-8-14-23-18(21)12-9-13-19(22)24-15-16-10-6-7-11-17(16)20/h6-7,10-11H,2-5,8-9,12-15H2,1H3. The van der Waals surface area contributed by atoms with Gasteiger partial charge < -0.3 is 9.47 Å². The van der Waals surface area contributed by atoms with Gasteiger partial charge in [0, 0.05) is 22.9 Å². The summed E-state index contributed by atoms with van der Waals surface area (Å²) in [5.41, 5.74) is 0.924. The molecule has 24 heavy (non-hydrogen) atoms. The third-order valence-corrected chi connectivity index (χ3v) is 4.39. The smallest absolute Gasteiger partial charge is 0.306 e. The van der Waals surface area contributed by atoms with E-state index < -0.39 is 0 Å². The minimum atomic E-state index is -0.293. The van der Waals surface area contributed by atoms with Gasteiger partial charge in [0.2, 0.25) is 0 Å². The molecule has 1 rings (SSSR count). The van der Waals surface area contributed by atoms with Crippen molar-refractivity contribution in [2.24, 2.45) is 0 Å². The van der Waals surface area contributed by atoms with E-state index in [-0.39, 0.29) is 31.4 Å². The lowest BCUT2D eigenvalue weighted by molar-refractivity contribution is -0.146. The van der Waals surface area contributed by atoms with Crippen molar-refractivity contribution in [1.82, 2.24) is 0 Å². The Morgan fingerprint density at radius 2 is 1.58 bits per heavy atom. The Morgan fingerprint density at radius 1 is 0.917 bits per heavy atom. The van der Waals surface area contributed by atoms with Crippen LogP contribution in [0.2, 0.25) is 0 Å². The largest absolute Gasteiger partial charge is 0.466 e. The Kier molecular flexibility index (Phi) is 11.2. The molecule has 0 aliphatic rings. The lowest BCUT2D eigenvalue weighted by Crippen LogP contribution is -2.09. The van der Waals surface area contributed by atoms with Gasteiger partial charge in [-0.1, -0.05) is 66.7 Å². The average Bonchev–Trinajstić information content (AvgIpc) is 2.57. The summed E-state index contributed by atoms with van der Waals surface area (Å²) in [7, 11) is 0. The van der Waals surface area contributed by atoms with Gasteiger partial charge in [0.1, 0.15) is 6.61 Å². The molecule has 0 aromatic heterocycles. The molecule has 0 heterocycles. The van der Waals surface area contributed by atoms with Crippen molar-refractivity contribution in [3.05, 3.63) is 34.3 Å². The quantitative estimate of drug-likeness (QED) is 0.359. The van der Waals surface area contributed by atoms with Gasteiger partial charge in [0.15, 0.2) is 0 Å². The number of carbonyl (C=O) groups excluding carboxylic acids is 2. The molecule has 4 nitrogen and oxygen atoms in total. The van der Waals surface area contributed by atoms with Gasteiger partial charge >= 0.3 is 11.9 Å². The van der Waals surface area contributed by atoms with Gasteiger partial charge in [-0.05, 0) is 18.9 Å². The van der Waals surface area contributed by atoms with Crippen molar-refractivity contribution in [2.75, 3.05) is 6.61 Å². The summed E-state index contributed by atoms with van der Waals surface area (Å²) in [6, 6.07) is 7.60. The summed E-state index contributed by atoms with van der Waals surface area (Å²) in [4.78, 5) is 23.2. The number of halogens is 1. The Labute approximate surface area is 153 Å². The highest BCUT2D eigenvalue weighted by Gasteiger charge is 2.08. The fraction of sp³-hybridized carbons (Fsp3) is 0.579. The van der Waals surface area contributed by atoms with Crippen molar-refractivity contribution in [3.8, 4) is 0 Å². The van der Waals surface area contributed by atoms with E-state index in [0.717, 1.165) is 22.9 Å². The van der Waals surface area contributed by atoms with Crippen LogP contribution in [0.4, 0.5) is 0 Å². The molecule has 0 amide bonds. The van der Waals surface area contributed by atoms with E-state index in [1.54, 1.807) is 0 Å². The number of unbranched alkanes of at least 4 members (excludes halogenated alkanes) is 4. The molecule has 0 saturated carbocycles. The highest BCUT2D eigenvalue weighted by Crippen LogP contribution is 2.17. The molecular formula is C19H27BrO4. The number of hydrogen-bond acceptors (Lipinski definition) is 4. The fourth-order valence-corrected chi connectivity index (χ4v) is 2.59. The number of hydrogen-bond donors (Lipinski definition) is 0. The summed E-state index contributed by atoms with van der Waals surface area (Å²) in [5.74, 6) is -0.526. The lowest BCUT2D eigenvalue weighted by atomic mass is 10.2. The minimum Gasteiger partial charge on any atom is -0.466 e. The van der Waals surface area contributed by atoms with E-state index in [4.69, 9.17) is 9.47 Å². The minimum absolute atomic E-state index is 0.232. The molecule has 0 radical (unpaired) electrons. The van der Waals surface area contributed by atoms with Crippen LogP contribution in [-0.2, 0) is 25.7 Å². The first-order chi connectivity index (χ1) is 11.6. The molecule has 0 aliphatic carbocycles. The fourth-order valence-electron chi connectivity index (χ4n) is 2.19. The van der Waals surface area contributed by atoms with Crippen molar-refractivity contribution in [2.45, 2.75) is 64.9 Å². The van der Waals surface area contributed by atoms with Crippen LogP contribution in [0, 0.1) is 0 Å². The summed E-state index contributed by atoms with van der Waals surface area (Å²) in [6.07, 6.45) is 6.60. The van der Waals surface area contributed by atoms with Gasteiger partial charge in [0.25, 0.3) is 0 Å². The monoisotopic (exact) mass is 398 g/mol. The van der Waals surface area contributed by atoms with Gasteiger partial charge in [-0.2, -0.15) is 0 Å². The zero-order valence-corrected chi connectivity index (χ0v) is 16.0. The molecule has 0 N–H and O–H groups in total. The normalized spacial score (nSPS) is 10.4. The Morgan fingerprint density at radius 3 is 2.29 bits per heavy atom. The SMILES string of the molecule is CCCCCCCOC(=O)CCCC(=O)OCc1ccccc1Br. The summed E-state index contributed by atoms with van der Waals surface area (Å²) >= 11 is 3.41. The van der Waals surface area contributed by atoms with Crippen LogP contribution >= 0.6 is 15.9 Å². The van der Waals surface area contributed by atoms with Crippen LogP contribution in [-0.4, -0.2) is 18.5 Å². The molecule has 0 unspecified atom stereocenters. The third kappa shape index (κ3) is 9.71.